The maximum absolute atomic E-state index is 13.3. The van der Waals surface area contributed by atoms with E-state index in [-0.39, 0.29) is 30.5 Å². The molecule has 9 nitrogen and oxygen atoms in total. The number of piperazine rings is 1. The molecule has 0 amide bonds. The SMILES string of the molecule is C[C@@H]1[C@@H](CNS(C)(=O)=O)N(C2CC2)[C@H](C)CN1c1ccnc(-c2cnc3ccc(C(F)(F)F)cn23)n1. The van der Waals surface area contributed by atoms with E-state index in [1.54, 1.807) is 12.3 Å². The number of halogens is 3. The molecular formula is C23H28F3N7O2S. The minimum atomic E-state index is -4.49. The van der Waals surface area contributed by atoms with Gasteiger partial charge in [-0.05, 0) is 44.9 Å². The summed E-state index contributed by atoms with van der Waals surface area (Å²) in [6.45, 7) is 5.12. The molecule has 1 aliphatic heterocycles. The minimum Gasteiger partial charge on any atom is -0.351 e. The van der Waals surface area contributed by atoms with Crippen LogP contribution in [0.25, 0.3) is 17.2 Å². The summed E-state index contributed by atoms with van der Waals surface area (Å²) >= 11 is 0. The Morgan fingerprint density at radius 1 is 1.14 bits per heavy atom. The van der Waals surface area contributed by atoms with Gasteiger partial charge in [-0.2, -0.15) is 13.2 Å². The van der Waals surface area contributed by atoms with Crippen molar-refractivity contribution in [3.63, 3.8) is 0 Å². The van der Waals surface area contributed by atoms with Gasteiger partial charge in [0.2, 0.25) is 10.0 Å². The second-order valence-corrected chi connectivity index (χ2v) is 11.5. The first-order valence-corrected chi connectivity index (χ1v) is 13.7. The highest BCUT2D eigenvalue weighted by atomic mass is 32.2. The van der Waals surface area contributed by atoms with E-state index in [0.29, 0.717) is 29.7 Å². The van der Waals surface area contributed by atoms with Gasteiger partial charge >= 0.3 is 6.18 Å². The van der Waals surface area contributed by atoms with Crippen LogP contribution < -0.4 is 9.62 Å². The molecule has 1 saturated heterocycles. The molecule has 1 aliphatic carbocycles. The molecule has 3 aromatic heterocycles. The third-order valence-corrected chi connectivity index (χ3v) is 7.61. The van der Waals surface area contributed by atoms with Gasteiger partial charge in [-0.15, -0.1) is 0 Å². The third-order valence-electron chi connectivity index (χ3n) is 6.92. The van der Waals surface area contributed by atoms with Gasteiger partial charge in [-0.1, -0.05) is 0 Å². The van der Waals surface area contributed by atoms with Crippen molar-refractivity contribution in [2.24, 2.45) is 0 Å². The van der Waals surface area contributed by atoms with Gasteiger partial charge in [0.05, 0.1) is 18.0 Å². The van der Waals surface area contributed by atoms with Crippen LogP contribution in [0.1, 0.15) is 32.3 Å². The molecule has 2 aliphatic rings. The van der Waals surface area contributed by atoms with Crippen molar-refractivity contribution >= 4 is 21.5 Å². The summed E-state index contributed by atoms with van der Waals surface area (Å²) in [5.41, 5.74) is -0.0743. The molecule has 0 bridgehead atoms. The Hall–Kier alpha value is -2.77. The number of sulfonamides is 1. The predicted molar refractivity (Wildman–Crippen MR) is 129 cm³/mol. The third kappa shape index (κ3) is 4.91. The van der Waals surface area contributed by atoms with E-state index in [4.69, 9.17) is 4.98 Å². The highest BCUT2D eigenvalue weighted by Crippen LogP contribution is 2.36. The number of nitrogens with zero attached hydrogens (tertiary/aromatic N) is 6. The molecule has 0 aromatic carbocycles. The fourth-order valence-corrected chi connectivity index (χ4v) is 5.57. The van der Waals surface area contributed by atoms with Gasteiger partial charge in [0, 0.05) is 49.7 Å². The Morgan fingerprint density at radius 2 is 1.89 bits per heavy atom. The topological polar surface area (TPSA) is 95.7 Å². The summed E-state index contributed by atoms with van der Waals surface area (Å²) in [6.07, 6.45) is 2.90. The molecule has 0 spiro atoms. The molecule has 3 atom stereocenters. The summed E-state index contributed by atoms with van der Waals surface area (Å²) in [5, 5.41) is 0. The lowest BCUT2D eigenvalue weighted by molar-refractivity contribution is -0.137. The van der Waals surface area contributed by atoms with Gasteiger partial charge < -0.3 is 4.90 Å². The number of hydrogen-bond donors (Lipinski definition) is 1. The number of rotatable bonds is 6. The predicted octanol–water partition coefficient (Wildman–Crippen LogP) is 2.79. The molecule has 5 rings (SSSR count). The molecule has 0 radical (unpaired) electrons. The van der Waals surface area contributed by atoms with Crippen molar-refractivity contribution < 1.29 is 21.6 Å². The lowest BCUT2D eigenvalue weighted by atomic mass is 9.98. The standard InChI is InChI=1S/C23H28F3N7O2S/c1-14-12-31(15(2)18(11-29-36(3,34)35)33(14)17-5-6-17)21-8-9-27-22(30-21)19-10-28-20-7-4-16(13-32(19)20)23(24,25)26/h4,7-10,13-15,17-18,29H,5-6,11-12H2,1-3H3/t14-,15-,18-/m1/s1. The Labute approximate surface area is 207 Å². The lowest BCUT2D eigenvalue weighted by Gasteiger charge is -2.50. The molecule has 13 heteroatoms. The highest BCUT2D eigenvalue weighted by molar-refractivity contribution is 7.88. The molecule has 1 saturated carbocycles. The zero-order valence-electron chi connectivity index (χ0n) is 20.1. The van der Waals surface area contributed by atoms with Crippen LogP contribution in [0.3, 0.4) is 0 Å². The molecule has 36 heavy (non-hydrogen) atoms. The fourth-order valence-electron chi connectivity index (χ4n) is 5.09. The smallest absolute Gasteiger partial charge is 0.351 e. The molecule has 3 aromatic rings. The van der Waals surface area contributed by atoms with E-state index in [1.165, 1.54) is 16.7 Å². The second-order valence-electron chi connectivity index (χ2n) is 9.63. The summed E-state index contributed by atoms with van der Waals surface area (Å²) in [7, 11) is -3.36. The number of aromatic nitrogens is 4. The van der Waals surface area contributed by atoms with Gasteiger partial charge in [0.25, 0.3) is 0 Å². The van der Waals surface area contributed by atoms with Crippen molar-refractivity contribution in [3.8, 4) is 11.5 Å². The molecule has 2 fully saturated rings. The Kier molecular flexibility index (Phi) is 6.20. The number of fused-ring (bicyclic) bond motifs is 1. The monoisotopic (exact) mass is 523 g/mol. The number of pyridine rings is 1. The molecule has 4 heterocycles. The first-order valence-electron chi connectivity index (χ1n) is 11.8. The van der Waals surface area contributed by atoms with Crippen LogP contribution in [-0.2, 0) is 16.2 Å². The highest BCUT2D eigenvalue weighted by Gasteiger charge is 2.45. The zero-order valence-corrected chi connectivity index (χ0v) is 21.0. The lowest BCUT2D eigenvalue weighted by Crippen LogP contribution is -2.66. The summed E-state index contributed by atoms with van der Waals surface area (Å²) < 4.78 is 67.5. The van der Waals surface area contributed by atoms with E-state index in [9.17, 15) is 21.6 Å². The Balaban J connectivity index is 1.48. The van der Waals surface area contributed by atoms with Crippen LogP contribution in [0.5, 0.6) is 0 Å². The van der Waals surface area contributed by atoms with Crippen molar-refractivity contribution in [2.45, 2.75) is 57.0 Å². The van der Waals surface area contributed by atoms with E-state index >= 15 is 0 Å². The average Bonchev–Trinajstić information content (AvgIpc) is 3.55. The number of nitrogens with one attached hydrogen (secondary N) is 1. The summed E-state index contributed by atoms with van der Waals surface area (Å²) in [5.74, 6) is 0.885. The summed E-state index contributed by atoms with van der Waals surface area (Å²) in [4.78, 5) is 17.8. The molecule has 0 unspecified atom stereocenters. The average molecular weight is 524 g/mol. The van der Waals surface area contributed by atoms with Gasteiger partial charge in [-0.25, -0.2) is 28.1 Å². The fraction of sp³-hybridized carbons (Fsp3) is 0.522. The maximum Gasteiger partial charge on any atom is 0.417 e. The van der Waals surface area contributed by atoms with Crippen LogP contribution in [-0.4, -0.2) is 76.2 Å². The van der Waals surface area contributed by atoms with Crippen molar-refractivity contribution in [1.29, 1.82) is 0 Å². The van der Waals surface area contributed by atoms with Gasteiger partial charge in [-0.3, -0.25) is 9.30 Å². The first kappa shape index (κ1) is 24.9. The van der Waals surface area contributed by atoms with E-state index in [1.807, 2.05) is 6.92 Å². The van der Waals surface area contributed by atoms with E-state index in [2.05, 4.69) is 31.4 Å². The maximum atomic E-state index is 13.3. The minimum absolute atomic E-state index is 0.0699. The Bertz CT molecular complexity index is 1370. The zero-order chi connectivity index (χ0) is 25.8. The van der Waals surface area contributed by atoms with E-state index in [0.717, 1.165) is 31.4 Å². The molecule has 194 valence electrons. The number of hydrogen-bond acceptors (Lipinski definition) is 7. The largest absolute Gasteiger partial charge is 0.417 e. The van der Waals surface area contributed by atoms with Crippen LogP contribution in [0.15, 0.2) is 36.8 Å². The normalized spacial score (nSPS) is 23.9. The summed E-state index contributed by atoms with van der Waals surface area (Å²) in [6, 6.07) is 4.54. The van der Waals surface area contributed by atoms with Crippen LogP contribution in [0.4, 0.5) is 19.0 Å². The quantitative estimate of drug-likeness (QED) is 0.531. The van der Waals surface area contributed by atoms with Crippen molar-refractivity contribution in [1.82, 2.24) is 29.0 Å². The first-order chi connectivity index (χ1) is 16.9. The van der Waals surface area contributed by atoms with Gasteiger partial charge in [0.15, 0.2) is 5.82 Å². The Morgan fingerprint density at radius 3 is 2.56 bits per heavy atom. The van der Waals surface area contributed by atoms with Crippen LogP contribution in [0.2, 0.25) is 0 Å². The van der Waals surface area contributed by atoms with Crippen molar-refractivity contribution in [2.75, 3.05) is 24.2 Å². The number of anilines is 1. The van der Waals surface area contributed by atoms with Crippen LogP contribution >= 0.6 is 0 Å². The van der Waals surface area contributed by atoms with E-state index < -0.39 is 21.8 Å². The van der Waals surface area contributed by atoms with Gasteiger partial charge in [0.1, 0.15) is 17.2 Å². The van der Waals surface area contributed by atoms with Crippen LogP contribution in [0, 0.1) is 0 Å². The van der Waals surface area contributed by atoms with Crippen molar-refractivity contribution in [3.05, 3.63) is 42.4 Å². The number of imidazole rings is 1. The second kappa shape index (κ2) is 8.96. The number of alkyl halides is 3. The molecular weight excluding hydrogens is 495 g/mol. The molecule has 1 N–H and O–H groups in total.